The van der Waals surface area contributed by atoms with Gasteiger partial charge in [-0.05, 0) is 0 Å². The van der Waals surface area contributed by atoms with Gasteiger partial charge in [0.15, 0.2) is 0 Å². The van der Waals surface area contributed by atoms with Crippen molar-refractivity contribution >= 4 is 111 Å². The third kappa shape index (κ3) is 44.7. The molecule has 2 radical (unpaired) electrons. The van der Waals surface area contributed by atoms with Crippen LogP contribution in [0.4, 0.5) is 0 Å². The number of rotatable bonds is 1. The zero-order valence-corrected chi connectivity index (χ0v) is 11.3. The van der Waals surface area contributed by atoms with E-state index < -0.39 is 7.82 Å². The molecule has 0 rings (SSSR count). The van der Waals surface area contributed by atoms with Crippen LogP contribution in [0.25, 0.3) is 0 Å². The molecular weight excluding hydrogens is 173 g/mol. The third-order valence-electron chi connectivity index (χ3n) is 0. The molecule has 4 nitrogen and oxygen atoms in total. The summed E-state index contributed by atoms with van der Waals surface area (Å²) >= 11 is 0. The van der Waals surface area contributed by atoms with Crippen molar-refractivity contribution in [2.45, 2.75) is 0 Å². The van der Waals surface area contributed by atoms with Gasteiger partial charge in [-0.1, -0.05) is 0 Å². The first kappa shape index (κ1) is 13.0. The minimum atomic E-state index is -4.48. The Morgan fingerprint density at radius 3 is 1.57 bits per heavy atom. The van der Waals surface area contributed by atoms with E-state index >= 15 is 0 Å². The predicted molar refractivity (Wildman–Crippen MR) is 25.8 cm³/mol. The number of phosphoric acid groups is 1. The zero-order valence-electron chi connectivity index (χ0n) is 5.16. The molecule has 0 amide bonds. The van der Waals surface area contributed by atoms with E-state index in [2.05, 4.69) is 4.90 Å². The summed E-state index contributed by atoms with van der Waals surface area (Å²) in [5.74, 6) is 0. The quantitative estimate of drug-likeness (QED) is 0.330. The molecule has 0 spiro atoms. The largest absolute Gasteiger partial charge is 0.466 e. The van der Waals surface area contributed by atoms with Gasteiger partial charge < -0.3 is 14.7 Å². The Balaban J connectivity index is -0.000000125. The molecule has 0 saturated carbocycles. The van der Waals surface area contributed by atoms with Crippen LogP contribution in [0, 0.1) is 0 Å². The molecule has 0 saturated heterocycles. The Kier molecular flexibility index (Phi) is 13.9. The van der Waals surface area contributed by atoms with Crippen LogP contribution in [0.2, 0.25) is 0 Å². The Labute approximate surface area is 128 Å². The van der Waals surface area contributed by atoms with Crippen molar-refractivity contribution in [2.75, 3.05) is 0 Å². The van der Waals surface area contributed by atoms with Gasteiger partial charge in [0.25, 0.3) is 0 Å². The summed E-state index contributed by atoms with van der Waals surface area (Å²) in [4.78, 5) is 17.9. The van der Waals surface area contributed by atoms with Crippen LogP contribution in [-0.2, 0) is 4.57 Å². The fourth-order valence-electron chi connectivity index (χ4n) is 0. The van der Waals surface area contributed by atoms with Crippen LogP contribution in [0.15, 0.2) is 0 Å². The minimum absolute atomic E-state index is 0. The van der Waals surface area contributed by atoms with E-state index in [0.717, 1.165) is 0 Å². The van der Waals surface area contributed by atoms with Gasteiger partial charge in [0.1, 0.15) is 0 Å². The molecule has 0 bridgehead atoms. The van der Waals surface area contributed by atoms with E-state index in [1.165, 1.54) is 0 Å². The standard InChI is InChI=1S/2K.H3O4P/c;;1-5(2,3)4/h;;(H3,1,2,3,4)/i/hD. The molecule has 0 aromatic carbocycles. The Morgan fingerprint density at radius 2 is 1.57 bits per heavy atom. The van der Waals surface area contributed by atoms with Gasteiger partial charge in [-0.15, -0.1) is 0 Å². The van der Waals surface area contributed by atoms with E-state index in [1.54, 1.807) is 0 Å². The summed E-state index contributed by atoms with van der Waals surface area (Å²) in [6.07, 6.45) is 0. The molecule has 7 heteroatoms. The van der Waals surface area contributed by atoms with Crippen molar-refractivity contribution < 1.29 is 19.2 Å². The molecule has 0 fully saturated rings. The SMILES string of the molecule is [2H]OP(=O)(O)O.[K].[K]. The summed E-state index contributed by atoms with van der Waals surface area (Å²) < 4.78 is 14.9. The average Bonchev–Trinajstić information content (AvgIpc) is 1.35. The van der Waals surface area contributed by atoms with E-state index in [-0.39, 0.29) is 103 Å². The second kappa shape index (κ2) is 7.49. The van der Waals surface area contributed by atoms with E-state index in [9.17, 15) is 4.57 Å². The molecule has 0 heterocycles. The van der Waals surface area contributed by atoms with Crippen LogP contribution >= 0.6 is 7.82 Å². The average molecular weight is 177 g/mol. The van der Waals surface area contributed by atoms with Crippen LogP contribution in [0.3, 0.4) is 0 Å². The van der Waals surface area contributed by atoms with Gasteiger partial charge >= 0.3 is 7.82 Å². The minimum Gasteiger partial charge on any atom is -0.303 e. The first-order valence-electron chi connectivity index (χ1n) is 1.17. The molecule has 0 aromatic rings. The topological polar surface area (TPSA) is 77.8 Å². The number of hydrogen-bond acceptors (Lipinski definition) is 2. The van der Waals surface area contributed by atoms with Crippen LogP contribution in [-0.4, -0.2) is 119 Å². The molecule has 0 aliphatic carbocycles. The van der Waals surface area contributed by atoms with Crippen LogP contribution in [0.1, 0.15) is 0 Å². The second-order valence-corrected chi connectivity index (χ2v) is 1.47. The molecule has 0 atom stereocenters. The van der Waals surface area contributed by atoms with Crippen molar-refractivity contribution in [3.05, 3.63) is 0 Å². The van der Waals surface area contributed by atoms with Crippen LogP contribution < -0.4 is 0 Å². The first-order valence-corrected chi connectivity index (χ1v) is 2.30. The molecule has 0 aromatic heterocycles. The fraction of sp³-hybridized carbons (Fsp3) is 0. The maximum Gasteiger partial charge on any atom is 0.466 e. The normalized spacial score (nSPS) is 10.3. The predicted octanol–water partition coefficient (Wildman–Crippen LogP) is -1.69. The summed E-state index contributed by atoms with van der Waals surface area (Å²) in [6, 6.07) is 0. The molecule has 0 unspecified atom stereocenters. The van der Waals surface area contributed by atoms with Crippen molar-refractivity contribution in [3.8, 4) is 0 Å². The monoisotopic (exact) mass is 177 g/mol. The van der Waals surface area contributed by atoms with E-state index in [0.29, 0.717) is 0 Å². The second-order valence-electron chi connectivity index (χ2n) is 0.491. The summed E-state index contributed by atoms with van der Waals surface area (Å²) in [5, 5.41) is 0. The van der Waals surface area contributed by atoms with Gasteiger partial charge in [0.05, 0.1) is 0 Å². The molecule has 0 aliphatic rings. The Hall–Kier alpha value is 3.38. The Bertz CT molecular complexity index is 78.1. The number of hydrogen-bond donors (Lipinski definition) is 3. The van der Waals surface area contributed by atoms with Gasteiger partial charge in [0, 0.05) is 103 Å². The third-order valence-corrected chi connectivity index (χ3v) is 0. The van der Waals surface area contributed by atoms with Crippen molar-refractivity contribution in [1.29, 1.82) is 1.43 Å². The van der Waals surface area contributed by atoms with E-state index in [1.807, 2.05) is 0 Å². The van der Waals surface area contributed by atoms with Gasteiger partial charge in [0.2, 0.25) is 1.43 Å². The zero-order chi connectivity index (χ0) is 5.21. The summed E-state index contributed by atoms with van der Waals surface area (Å²) in [6.45, 7) is 0. The van der Waals surface area contributed by atoms with Gasteiger partial charge in [-0.25, -0.2) is 4.57 Å². The Morgan fingerprint density at radius 1 is 1.43 bits per heavy atom. The van der Waals surface area contributed by atoms with Crippen LogP contribution in [0.5, 0.6) is 0 Å². The molecule has 0 aliphatic heterocycles. The van der Waals surface area contributed by atoms with Crippen molar-refractivity contribution in [1.82, 2.24) is 0 Å². The first-order chi connectivity index (χ1) is 2.56. The van der Waals surface area contributed by atoms with Crippen molar-refractivity contribution in [3.63, 3.8) is 0 Å². The van der Waals surface area contributed by atoms with Gasteiger partial charge in [-0.3, -0.25) is 0 Å². The van der Waals surface area contributed by atoms with E-state index in [4.69, 9.17) is 11.2 Å². The summed E-state index contributed by atoms with van der Waals surface area (Å²) in [5.41, 5.74) is 0. The molecule has 3 N–H and O–H groups in total. The molecule has 34 valence electrons. The maximum absolute atomic E-state index is 9.28. The van der Waals surface area contributed by atoms with Gasteiger partial charge in [-0.2, -0.15) is 0 Å². The fourth-order valence-corrected chi connectivity index (χ4v) is 0. The maximum atomic E-state index is 9.28. The molecule has 7 heavy (non-hydrogen) atoms. The summed E-state index contributed by atoms with van der Waals surface area (Å²) in [7, 11) is -4.48. The molecular formula is H3K2O4P. The smallest absolute Gasteiger partial charge is 0.303 e. The van der Waals surface area contributed by atoms with Crippen molar-refractivity contribution in [2.24, 2.45) is 0 Å².